The lowest BCUT2D eigenvalue weighted by molar-refractivity contribution is -0.137. The van der Waals surface area contributed by atoms with Crippen molar-refractivity contribution in [3.05, 3.63) is 64.2 Å². The number of carbonyl (C=O) groups excluding carboxylic acids is 1. The van der Waals surface area contributed by atoms with Crippen molar-refractivity contribution in [1.29, 1.82) is 0 Å². The first kappa shape index (κ1) is 19.3. The Morgan fingerprint density at radius 2 is 1.72 bits per heavy atom. The van der Waals surface area contributed by atoms with Crippen molar-refractivity contribution in [1.82, 2.24) is 0 Å². The molecule has 134 valence electrons. The highest BCUT2D eigenvalue weighted by Crippen LogP contribution is 2.34. The monoisotopic (exact) mass is 391 g/mol. The molecule has 0 saturated heterocycles. The van der Waals surface area contributed by atoms with Crippen molar-refractivity contribution in [2.24, 2.45) is 0 Å². The fourth-order valence-electron chi connectivity index (χ4n) is 2.05. The standard InChI is InChI=1S/C16H13ClF3NO3S/c1-25(23,24)9-10-2-4-11(5-3-10)15(22)21-14-8-12(16(18,19)20)6-7-13(14)17/h2-8H,9H2,1H3,(H,21,22). The number of anilines is 1. The third-order valence-corrected chi connectivity index (χ3v) is 4.37. The molecule has 1 N–H and O–H groups in total. The van der Waals surface area contributed by atoms with Gasteiger partial charge in [0.15, 0.2) is 9.84 Å². The zero-order valence-corrected chi connectivity index (χ0v) is 14.5. The van der Waals surface area contributed by atoms with Crippen LogP contribution in [-0.2, 0) is 21.8 Å². The van der Waals surface area contributed by atoms with Crippen LogP contribution in [0.25, 0.3) is 0 Å². The van der Waals surface area contributed by atoms with Crippen LogP contribution in [-0.4, -0.2) is 20.6 Å². The fraction of sp³-hybridized carbons (Fsp3) is 0.188. The Bertz CT molecular complexity index is 894. The van der Waals surface area contributed by atoms with Gasteiger partial charge in [0.25, 0.3) is 5.91 Å². The molecule has 2 rings (SSSR count). The Labute approximate surface area is 147 Å². The third-order valence-electron chi connectivity index (χ3n) is 3.19. The molecule has 2 aromatic rings. The summed E-state index contributed by atoms with van der Waals surface area (Å²) in [7, 11) is -3.21. The summed E-state index contributed by atoms with van der Waals surface area (Å²) in [5.74, 6) is -0.832. The van der Waals surface area contributed by atoms with E-state index in [2.05, 4.69) is 5.32 Å². The van der Waals surface area contributed by atoms with Gasteiger partial charge >= 0.3 is 6.18 Å². The fourth-order valence-corrected chi connectivity index (χ4v) is 3.01. The van der Waals surface area contributed by atoms with Crippen LogP contribution in [0.3, 0.4) is 0 Å². The predicted octanol–water partition coefficient (Wildman–Crippen LogP) is 4.16. The molecule has 4 nitrogen and oxygen atoms in total. The van der Waals surface area contributed by atoms with Crippen LogP contribution in [0.5, 0.6) is 0 Å². The van der Waals surface area contributed by atoms with Gasteiger partial charge in [0.1, 0.15) is 0 Å². The molecule has 0 heterocycles. The number of benzene rings is 2. The summed E-state index contributed by atoms with van der Waals surface area (Å²) in [5.41, 5.74) is -0.445. The van der Waals surface area contributed by atoms with Crippen LogP contribution < -0.4 is 5.32 Å². The summed E-state index contributed by atoms with van der Waals surface area (Å²) in [6, 6.07) is 8.31. The lowest BCUT2D eigenvalue weighted by Crippen LogP contribution is -2.14. The number of hydrogen-bond donors (Lipinski definition) is 1. The van der Waals surface area contributed by atoms with Gasteiger partial charge in [-0.3, -0.25) is 4.79 Å². The van der Waals surface area contributed by atoms with Gasteiger partial charge in [-0.1, -0.05) is 23.7 Å². The van der Waals surface area contributed by atoms with Crippen molar-refractivity contribution >= 4 is 33.0 Å². The molecule has 0 saturated carbocycles. The quantitative estimate of drug-likeness (QED) is 0.851. The summed E-state index contributed by atoms with van der Waals surface area (Å²) in [5, 5.41) is 2.29. The summed E-state index contributed by atoms with van der Waals surface area (Å²) >= 11 is 5.83. The summed E-state index contributed by atoms with van der Waals surface area (Å²) < 4.78 is 60.7. The Morgan fingerprint density at radius 3 is 2.24 bits per heavy atom. The van der Waals surface area contributed by atoms with E-state index < -0.39 is 27.5 Å². The van der Waals surface area contributed by atoms with E-state index in [9.17, 15) is 26.4 Å². The molecule has 25 heavy (non-hydrogen) atoms. The summed E-state index contributed by atoms with van der Waals surface area (Å²) in [6.07, 6.45) is -3.47. The normalized spacial score (nSPS) is 12.0. The van der Waals surface area contributed by atoms with Gasteiger partial charge in [-0.15, -0.1) is 0 Å². The van der Waals surface area contributed by atoms with E-state index in [-0.39, 0.29) is 22.0 Å². The maximum Gasteiger partial charge on any atom is 0.416 e. The minimum absolute atomic E-state index is 0.0324. The van der Waals surface area contributed by atoms with E-state index in [1.165, 1.54) is 24.3 Å². The minimum atomic E-state index is -4.56. The smallest absolute Gasteiger partial charge is 0.321 e. The Morgan fingerprint density at radius 1 is 1.12 bits per heavy atom. The topological polar surface area (TPSA) is 63.2 Å². The van der Waals surface area contributed by atoms with Crippen LogP contribution in [0, 0.1) is 0 Å². The van der Waals surface area contributed by atoms with E-state index in [1.807, 2.05) is 0 Å². The Balaban J connectivity index is 2.20. The Kier molecular flexibility index (Phi) is 5.43. The first-order chi connectivity index (χ1) is 11.5. The molecule has 2 aromatic carbocycles. The lowest BCUT2D eigenvalue weighted by atomic mass is 10.1. The number of halogens is 4. The number of nitrogens with one attached hydrogen (secondary N) is 1. The number of sulfone groups is 1. The largest absolute Gasteiger partial charge is 0.416 e. The first-order valence-electron chi connectivity index (χ1n) is 6.90. The second-order valence-electron chi connectivity index (χ2n) is 5.41. The number of amides is 1. The number of hydrogen-bond acceptors (Lipinski definition) is 3. The molecule has 0 unspecified atom stereocenters. The van der Waals surface area contributed by atoms with Crippen LogP contribution in [0.1, 0.15) is 21.5 Å². The molecule has 0 aliphatic carbocycles. The van der Waals surface area contributed by atoms with Gasteiger partial charge in [0.05, 0.1) is 22.0 Å². The average molecular weight is 392 g/mol. The number of carbonyl (C=O) groups is 1. The van der Waals surface area contributed by atoms with Gasteiger partial charge in [0, 0.05) is 11.8 Å². The number of rotatable bonds is 4. The van der Waals surface area contributed by atoms with Crippen LogP contribution >= 0.6 is 11.6 Å². The van der Waals surface area contributed by atoms with Crippen molar-refractivity contribution in [3.8, 4) is 0 Å². The lowest BCUT2D eigenvalue weighted by Gasteiger charge is -2.12. The SMILES string of the molecule is CS(=O)(=O)Cc1ccc(C(=O)Nc2cc(C(F)(F)F)ccc2Cl)cc1. The van der Waals surface area contributed by atoms with Gasteiger partial charge in [-0.2, -0.15) is 13.2 Å². The molecule has 1 amide bonds. The molecule has 0 aromatic heterocycles. The molecule has 0 aliphatic heterocycles. The van der Waals surface area contributed by atoms with Crippen molar-refractivity contribution < 1.29 is 26.4 Å². The third kappa shape index (κ3) is 5.47. The molecule has 9 heteroatoms. The van der Waals surface area contributed by atoms with Crippen LogP contribution in [0.15, 0.2) is 42.5 Å². The summed E-state index contributed by atoms with van der Waals surface area (Å²) in [6.45, 7) is 0. The van der Waals surface area contributed by atoms with E-state index in [0.29, 0.717) is 5.56 Å². The highest BCUT2D eigenvalue weighted by atomic mass is 35.5. The predicted molar refractivity (Wildman–Crippen MR) is 89.4 cm³/mol. The molecule has 0 atom stereocenters. The van der Waals surface area contributed by atoms with Crippen molar-refractivity contribution in [3.63, 3.8) is 0 Å². The van der Waals surface area contributed by atoms with E-state index in [0.717, 1.165) is 24.5 Å². The zero-order chi connectivity index (χ0) is 18.8. The molecule has 0 bridgehead atoms. The Hall–Kier alpha value is -2.06. The second kappa shape index (κ2) is 7.05. The maximum atomic E-state index is 12.7. The maximum absolute atomic E-state index is 12.7. The second-order valence-corrected chi connectivity index (χ2v) is 7.96. The minimum Gasteiger partial charge on any atom is -0.321 e. The van der Waals surface area contributed by atoms with Gasteiger partial charge in [-0.05, 0) is 35.9 Å². The molecular formula is C16H13ClF3NO3S. The summed E-state index contributed by atoms with van der Waals surface area (Å²) in [4.78, 5) is 12.2. The van der Waals surface area contributed by atoms with Crippen LogP contribution in [0.2, 0.25) is 5.02 Å². The average Bonchev–Trinajstić information content (AvgIpc) is 2.47. The van der Waals surface area contributed by atoms with Crippen LogP contribution in [0.4, 0.5) is 18.9 Å². The van der Waals surface area contributed by atoms with Gasteiger partial charge < -0.3 is 5.32 Å². The highest BCUT2D eigenvalue weighted by Gasteiger charge is 2.31. The highest BCUT2D eigenvalue weighted by molar-refractivity contribution is 7.89. The van der Waals surface area contributed by atoms with Gasteiger partial charge in [-0.25, -0.2) is 8.42 Å². The molecular weight excluding hydrogens is 379 g/mol. The molecule has 0 aliphatic rings. The van der Waals surface area contributed by atoms with E-state index >= 15 is 0 Å². The van der Waals surface area contributed by atoms with Crippen molar-refractivity contribution in [2.75, 3.05) is 11.6 Å². The van der Waals surface area contributed by atoms with E-state index in [4.69, 9.17) is 11.6 Å². The zero-order valence-electron chi connectivity index (χ0n) is 12.9. The molecule has 0 fully saturated rings. The molecule has 0 spiro atoms. The van der Waals surface area contributed by atoms with E-state index in [1.54, 1.807) is 0 Å². The first-order valence-corrected chi connectivity index (χ1v) is 9.34. The van der Waals surface area contributed by atoms with Gasteiger partial charge in [0.2, 0.25) is 0 Å². The number of alkyl halides is 3. The van der Waals surface area contributed by atoms with Crippen molar-refractivity contribution in [2.45, 2.75) is 11.9 Å². The molecule has 0 radical (unpaired) electrons.